The maximum atomic E-state index is 12.9. The van der Waals surface area contributed by atoms with Gasteiger partial charge in [-0.2, -0.15) is 0 Å². The first-order valence-corrected chi connectivity index (χ1v) is 9.45. The zero-order valence-corrected chi connectivity index (χ0v) is 14.7. The van der Waals surface area contributed by atoms with Crippen LogP contribution in [0.1, 0.15) is 54.2 Å². The molecule has 2 saturated heterocycles. The molecular weight excluding hydrogens is 312 g/mol. The highest BCUT2D eigenvalue weighted by Gasteiger charge is 2.26. The van der Waals surface area contributed by atoms with E-state index in [1.54, 1.807) is 6.20 Å². The number of anilines is 1. The van der Waals surface area contributed by atoms with Crippen molar-refractivity contribution in [2.45, 2.75) is 38.0 Å². The standard InChI is InChI=1S/C20H26N4O/c25-20(24-14-4-5-17(15-24)19-21-10-11-22-19)16-6-8-18(9-7-16)23-12-2-1-3-13-23/h6-11,17H,1-5,12-15H2,(H,21,22). The molecule has 1 amide bonds. The van der Waals surface area contributed by atoms with Gasteiger partial charge in [-0.3, -0.25) is 4.79 Å². The Morgan fingerprint density at radius 3 is 2.56 bits per heavy atom. The van der Waals surface area contributed by atoms with Crippen molar-refractivity contribution in [2.24, 2.45) is 0 Å². The Hall–Kier alpha value is -2.30. The van der Waals surface area contributed by atoms with Gasteiger partial charge in [-0.25, -0.2) is 4.98 Å². The lowest BCUT2D eigenvalue weighted by Gasteiger charge is -2.32. The Morgan fingerprint density at radius 1 is 1.04 bits per heavy atom. The highest BCUT2D eigenvalue weighted by molar-refractivity contribution is 5.94. The predicted octanol–water partition coefficient (Wildman–Crippen LogP) is 3.42. The average molecular weight is 338 g/mol. The van der Waals surface area contributed by atoms with Crippen LogP contribution in [-0.2, 0) is 0 Å². The number of benzene rings is 1. The predicted molar refractivity (Wildman–Crippen MR) is 99.0 cm³/mol. The van der Waals surface area contributed by atoms with Crippen LogP contribution in [0.3, 0.4) is 0 Å². The maximum Gasteiger partial charge on any atom is 0.253 e. The molecule has 2 fully saturated rings. The lowest BCUT2D eigenvalue weighted by atomic mass is 9.96. The quantitative estimate of drug-likeness (QED) is 0.933. The van der Waals surface area contributed by atoms with Crippen molar-refractivity contribution >= 4 is 11.6 Å². The molecule has 3 heterocycles. The molecule has 2 aliphatic rings. The van der Waals surface area contributed by atoms with Crippen molar-refractivity contribution in [1.29, 1.82) is 0 Å². The van der Waals surface area contributed by atoms with E-state index >= 15 is 0 Å². The van der Waals surface area contributed by atoms with E-state index in [1.165, 1.54) is 24.9 Å². The molecule has 0 bridgehead atoms. The van der Waals surface area contributed by atoms with Crippen molar-refractivity contribution in [2.75, 3.05) is 31.1 Å². The number of hydrogen-bond donors (Lipinski definition) is 1. The zero-order valence-electron chi connectivity index (χ0n) is 14.7. The second kappa shape index (κ2) is 7.30. The number of aromatic nitrogens is 2. The minimum Gasteiger partial charge on any atom is -0.372 e. The second-order valence-corrected chi connectivity index (χ2v) is 7.16. The van der Waals surface area contributed by atoms with E-state index in [0.717, 1.165) is 50.4 Å². The largest absolute Gasteiger partial charge is 0.372 e. The molecular formula is C20H26N4O. The van der Waals surface area contributed by atoms with Gasteiger partial charge in [-0.05, 0) is 56.4 Å². The van der Waals surface area contributed by atoms with Crippen LogP contribution in [0.25, 0.3) is 0 Å². The molecule has 1 aromatic carbocycles. The third-order valence-electron chi connectivity index (χ3n) is 5.45. The minimum absolute atomic E-state index is 0.140. The Bertz CT molecular complexity index is 689. The third-order valence-corrected chi connectivity index (χ3v) is 5.45. The highest BCUT2D eigenvalue weighted by Crippen LogP contribution is 2.26. The molecule has 132 valence electrons. The first kappa shape index (κ1) is 16.2. The molecule has 0 spiro atoms. The minimum atomic E-state index is 0.140. The highest BCUT2D eigenvalue weighted by atomic mass is 16.2. The van der Waals surface area contributed by atoms with E-state index < -0.39 is 0 Å². The van der Waals surface area contributed by atoms with Crippen molar-refractivity contribution in [1.82, 2.24) is 14.9 Å². The smallest absolute Gasteiger partial charge is 0.253 e. The van der Waals surface area contributed by atoms with Gasteiger partial charge in [0.1, 0.15) is 5.82 Å². The molecule has 0 saturated carbocycles. The number of aromatic amines is 1. The lowest BCUT2D eigenvalue weighted by molar-refractivity contribution is 0.0705. The molecule has 2 aliphatic heterocycles. The Kier molecular flexibility index (Phi) is 4.72. The number of carbonyl (C=O) groups excluding carboxylic acids is 1. The number of carbonyl (C=O) groups is 1. The molecule has 1 aromatic heterocycles. The van der Waals surface area contributed by atoms with Crippen LogP contribution in [0.15, 0.2) is 36.7 Å². The molecule has 1 unspecified atom stereocenters. The fourth-order valence-electron chi connectivity index (χ4n) is 4.04. The van der Waals surface area contributed by atoms with Gasteiger partial charge in [0.05, 0.1) is 0 Å². The summed E-state index contributed by atoms with van der Waals surface area (Å²) in [6.07, 6.45) is 9.63. The molecule has 0 radical (unpaired) electrons. The summed E-state index contributed by atoms with van der Waals surface area (Å²) in [6, 6.07) is 8.19. The molecule has 5 heteroatoms. The van der Waals surface area contributed by atoms with Gasteiger partial charge in [0.25, 0.3) is 5.91 Å². The summed E-state index contributed by atoms with van der Waals surface area (Å²) in [4.78, 5) is 24.9. The number of amides is 1. The van der Waals surface area contributed by atoms with E-state index in [9.17, 15) is 4.79 Å². The summed E-state index contributed by atoms with van der Waals surface area (Å²) in [6.45, 7) is 3.85. The Balaban J connectivity index is 1.43. The van der Waals surface area contributed by atoms with E-state index in [2.05, 4.69) is 27.0 Å². The van der Waals surface area contributed by atoms with Crippen molar-refractivity contribution in [3.8, 4) is 0 Å². The van der Waals surface area contributed by atoms with Gasteiger partial charge >= 0.3 is 0 Å². The summed E-state index contributed by atoms with van der Waals surface area (Å²) in [5.74, 6) is 1.46. The molecule has 2 aromatic rings. The molecule has 4 rings (SSSR count). The van der Waals surface area contributed by atoms with Gasteiger partial charge in [0.2, 0.25) is 0 Å². The van der Waals surface area contributed by atoms with Gasteiger partial charge < -0.3 is 14.8 Å². The maximum absolute atomic E-state index is 12.9. The fourth-order valence-corrected chi connectivity index (χ4v) is 4.04. The number of nitrogens with one attached hydrogen (secondary N) is 1. The number of piperidine rings is 2. The van der Waals surface area contributed by atoms with Crippen molar-refractivity contribution < 1.29 is 4.79 Å². The molecule has 5 nitrogen and oxygen atoms in total. The van der Waals surface area contributed by atoms with Gasteiger partial charge in [0, 0.05) is 55.7 Å². The topological polar surface area (TPSA) is 52.2 Å². The van der Waals surface area contributed by atoms with Crippen LogP contribution in [0.2, 0.25) is 0 Å². The molecule has 25 heavy (non-hydrogen) atoms. The number of H-pyrrole nitrogens is 1. The third kappa shape index (κ3) is 3.55. The molecule has 1 atom stereocenters. The van der Waals surface area contributed by atoms with E-state index in [1.807, 2.05) is 23.2 Å². The second-order valence-electron chi connectivity index (χ2n) is 7.16. The number of nitrogens with zero attached hydrogens (tertiary/aromatic N) is 3. The van der Waals surface area contributed by atoms with Gasteiger partial charge in [-0.15, -0.1) is 0 Å². The van der Waals surface area contributed by atoms with E-state index in [0.29, 0.717) is 5.92 Å². The first-order chi connectivity index (χ1) is 12.3. The lowest BCUT2D eigenvalue weighted by Crippen LogP contribution is -2.39. The Labute approximate surface area is 149 Å². The van der Waals surface area contributed by atoms with Crippen LogP contribution in [-0.4, -0.2) is 47.0 Å². The zero-order chi connectivity index (χ0) is 17.1. The summed E-state index contributed by atoms with van der Waals surface area (Å²) < 4.78 is 0. The van der Waals surface area contributed by atoms with Gasteiger partial charge in [0.15, 0.2) is 0 Å². The number of hydrogen-bond acceptors (Lipinski definition) is 3. The molecule has 1 N–H and O–H groups in total. The Morgan fingerprint density at radius 2 is 1.84 bits per heavy atom. The monoisotopic (exact) mass is 338 g/mol. The van der Waals surface area contributed by atoms with E-state index in [4.69, 9.17) is 0 Å². The number of imidazole rings is 1. The normalized spacial score (nSPS) is 21.4. The van der Waals surface area contributed by atoms with Crippen LogP contribution in [0.5, 0.6) is 0 Å². The fraction of sp³-hybridized carbons (Fsp3) is 0.500. The van der Waals surface area contributed by atoms with Crippen molar-refractivity contribution in [3.05, 3.63) is 48.0 Å². The summed E-state index contributed by atoms with van der Waals surface area (Å²) in [5.41, 5.74) is 2.03. The number of rotatable bonds is 3. The van der Waals surface area contributed by atoms with Crippen LogP contribution in [0, 0.1) is 0 Å². The van der Waals surface area contributed by atoms with E-state index in [-0.39, 0.29) is 5.91 Å². The number of likely N-dealkylation sites (tertiary alicyclic amines) is 1. The first-order valence-electron chi connectivity index (χ1n) is 9.45. The summed E-state index contributed by atoms with van der Waals surface area (Å²) in [5, 5.41) is 0. The van der Waals surface area contributed by atoms with Crippen LogP contribution < -0.4 is 4.90 Å². The average Bonchev–Trinajstić information content (AvgIpc) is 3.23. The summed E-state index contributed by atoms with van der Waals surface area (Å²) >= 11 is 0. The van der Waals surface area contributed by atoms with Crippen LogP contribution >= 0.6 is 0 Å². The van der Waals surface area contributed by atoms with Crippen LogP contribution in [0.4, 0.5) is 5.69 Å². The SMILES string of the molecule is O=C(c1ccc(N2CCCCC2)cc1)N1CCCC(c2ncc[nH]2)C1. The summed E-state index contributed by atoms with van der Waals surface area (Å²) in [7, 11) is 0. The van der Waals surface area contributed by atoms with Crippen molar-refractivity contribution in [3.63, 3.8) is 0 Å². The van der Waals surface area contributed by atoms with Gasteiger partial charge in [-0.1, -0.05) is 0 Å². The molecule has 0 aliphatic carbocycles.